The summed E-state index contributed by atoms with van der Waals surface area (Å²) < 4.78 is 5.55. The van der Waals surface area contributed by atoms with Gasteiger partial charge < -0.3 is 15.0 Å². The van der Waals surface area contributed by atoms with Crippen LogP contribution in [0.4, 0.5) is 5.82 Å². The van der Waals surface area contributed by atoms with Crippen molar-refractivity contribution in [2.45, 2.75) is 31.7 Å². The quantitative estimate of drug-likeness (QED) is 0.839. The summed E-state index contributed by atoms with van der Waals surface area (Å²) in [5, 5.41) is 11.1. The van der Waals surface area contributed by atoms with Gasteiger partial charge in [-0.25, -0.2) is 9.97 Å². The van der Waals surface area contributed by atoms with Gasteiger partial charge in [-0.1, -0.05) is 0 Å². The van der Waals surface area contributed by atoms with E-state index in [9.17, 15) is 4.79 Å². The van der Waals surface area contributed by atoms with Gasteiger partial charge in [-0.05, 0) is 43.7 Å². The Labute approximate surface area is 152 Å². The molecule has 1 atom stereocenters. The maximum Gasteiger partial charge on any atom is 0.271 e. The Morgan fingerprint density at radius 2 is 2.19 bits per heavy atom. The number of hydrogen-bond donors (Lipinski definition) is 1. The van der Waals surface area contributed by atoms with Crippen molar-refractivity contribution in [2.24, 2.45) is 5.92 Å². The molecule has 0 spiro atoms. The summed E-state index contributed by atoms with van der Waals surface area (Å²) in [5.74, 6) is 1.75. The fourth-order valence-corrected chi connectivity index (χ4v) is 3.02. The van der Waals surface area contributed by atoms with Gasteiger partial charge in [0.25, 0.3) is 5.91 Å². The van der Waals surface area contributed by atoms with Gasteiger partial charge >= 0.3 is 0 Å². The van der Waals surface area contributed by atoms with Gasteiger partial charge in [0.1, 0.15) is 5.69 Å². The minimum atomic E-state index is -0.211. The number of amides is 1. The van der Waals surface area contributed by atoms with E-state index in [4.69, 9.17) is 4.74 Å². The van der Waals surface area contributed by atoms with Gasteiger partial charge in [-0.15, -0.1) is 5.10 Å². The van der Waals surface area contributed by atoms with E-state index >= 15 is 0 Å². The van der Waals surface area contributed by atoms with Crippen molar-refractivity contribution in [1.82, 2.24) is 25.5 Å². The molecule has 2 fully saturated rings. The monoisotopic (exact) mass is 354 g/mol. The standard InChI is InChI=1S/C18H22N6O2/c25-18(15-9-20-17(10-19-15)26-12-13-5-6-13)22-14-3-2-8-24(11-14)16-4-1-7-21-23-16/h1,4,7,9-10,13-14H,2-3,5-6,8,11-12H2,(H,22,25). The molecule has 0 aromatic carbocycles. The summed E-state index contributed by atoms with van der Waals surface area (Å²) >= 11 is 0. The molecular weight excluding hydrogens is 332 g/mol. The highest BCUT2D eigenvalue weighted by atomic mass is 16.5. The summed E-state index contributed by atoms with van der Waals surface area (Å²) in [6.45, 7) is 2.30. The Kier molecular flexibility index (Phi) is 4.90. The molecule has 3 heterocycles. The number of anilines is 1. The van der Waals surface area contributed by atoms with Crippen molar-refractivity contribution in [1.29, 1.82) is 0 Å². The van der Waals surface area contributed by atoms with Gasteiger partial charge in [0.15, 0.2) is 5.82 Å². The molecule has 8 nitrogen and oxygen atoms in total. The van der Waals surface area contributed by atoms with E-state index in [1.807, 2.05) is 12.1 Å². The van der Waals surface area contributed by atoms with E-state index in [1.165, 1.54) is 25.2 Å². The zero-order valence-electron chi connectivity index (χ0n) is 14.5. The van der Waals surface area contributed by atoms with Gasteiger partial charge in [-0.2, -0.15) is 5.10 Å². The minimum absolute atomic E-state index is 0.0471. The lowest BCUT2D eigenvalue weighted by Gasteiger charge is -2.33. The largest absolute Gasteiger partial charge is 0.476 e. The molecule has 1 N–H and O–H groups in total. The van der Waals surface area contributed by atoms with Crippen LogP contribution in [0.15, 0.2) is 30.7 Å². The van der Waals surface area contributed by atoms with E-state index in [1.54, 1.807) is 6.20 Å². The molecule has 8 heteroatoms. The topological polar surface area (TPSA) is 93.1 Å². The molecule has 1 aliphatic heterocycles. The molecule has 0 bridgehead atoms. The van der Waals surface area contributed by atoms with Crippen LogP contribution in [0.3, 0.4) is 0 Å². The van der Waals surface area contributed by atoms with Crippen LogP contribution in [0.5, 0.6) is 5.88 Å². The average Bonchev–Trinajstić information content (AvgIpc) is 3.52. The number of aromatic nitrogens is 4. The van der Waals surface area contributed by atoms with Crippen LogP contribution in [0.1, 0.15) is 36.2 Å². The summed E-state index contributed by atoms with van der Waals surface area (Å²) in [7, 11) is 0. The molecule has 4 rings (SSSR count). The van der Waals surface area contributed by atoms with E-state index in [2.05, 4.69) is 30.4 Å². The molecule has 1 amide bonds. The number of ether oxygens (including phenoxy) is 1. The van der Waals surface area contributed by atoms with E-state index < -0.39 is 0 Å². The first-order valence-corrected chi connectivity index (χ1v) is 9.06. The van der Waals surface area contributed by atoms with Crippen LogP contribution < -0.4 is 15.0 Å². The number of nitrogens with zero attached hydrogens (tertiary/aromatic N) is 5. The Bertz CT molecular complexity index is 735. The third kappa shape index (κ3) is 4.25. The number of piperidine rings is 1. The fraction of sp³-hybridized carbons (Fsp3) is 0.500. The molecular formula is C18H22N6O2. The Morgan fingerprint density at radius 1 is 1.27 bits per heavy atom. The highest BCUT2D eigenvalue weighted by Crippen LogP contribution is 2.29. The number of carbonyl (C=O) groups is 1. The van der Waals surface area contributed by atoms with Crippen molar-refractivity contribution in [3.05, 3.63) is 36.4 Å². The van der Waals surface area contributed by atoms with E-state index in [0.29, 0.717) is 30.6 Å². The number of hydrogen-bond acceptors (Lipinski definition) is 7. The Hall–Kier alpha value is -2.77. The maximum atomic E-state index is 12.4. The third-order valence-corrected chi connectivity index (χ3v) is 4.66. The van der Waals surface area contributed by atoms with Gasteiger partial charge in [0, 0.05) is 25.3 Å². The molecule has 136 valence electrons. The zero-order valence-corrected chi connectivity index (χ0v) is 14.5. The van der Waals surface area contributed by atoms with Crippen LogP contribution in [0.2, 0.25) is 0 Å². The van der Waals surface area contributed by atoms with E-state index in [0.717, 1.165) is 25.2 Å². The first kappa shape index (κ1) is 16.7. The molecule has 1 saturated heterocycles. The predicted octanol–water partition coefficient (Wildman–Crippen LogP) is 1.45. The minimum Gasteiger partial charge on any atom is -0.476 e. The number of carbonyl (C=O) groups excluding carboxylic acids is 1. The lowest BCUT2D eigenvalue weighted by Crippen LogP contribution is -2.48. The Morgan fingerprint density at radius 3 is 2.92 bits per heavy atom. The first-order chi connectivity index (χ1) is 12.8. The normalized spacial score (nSPS) is 19.8. The van der Waals surface area contributed by atoms with E-state index in [-0.39, 0.29) is 11.9 Å². The lowest BCUT2D eigenvalue weighted by molar-refractivity contribution is 0.0927. The zero-order chi connectivity index (χ0) is 17.8. The van der Waals surface area contributed by atoms with Crippen LogP contribution >= 0.6 is 0 Å². The second-order valence-corrected chi connectivity index (χ2v) is 6.83. The second-order valence-electron chi connectivity index (χ2n) is 6.83. The predicted molar refractivity (Wildman–Crippen MR) is 95.0 cm³/mol. The van der Waals surface area contributed by atoms with Crippen molar-refractivity contribution in [3.8, 4) is 5.88 Å². The van der Waals surface area contributed by atoms with Crippen molar-refractivity contribution in [3.63, 3.8) is 0 Å². The maximum absolute atomic E-state index is 12.4. The summed E-state index contributed by atoms with van der Waals surface area (Å²) in [6.07, 6.45) is 9.01. The summed E-state index contributed by atoms with van der Waals surface area (Å²) in [5.41, 5.74) is 0.306. The smallest absolute Gasteiger partial charge is 0.271 e. The third-order valence-electron chi connectivity index (χ3n) is 4.66. The summed E-state index contributed by atoms with van der Waals surface area (Å²) in [4.78, 5) is 22.9. The van der Waals surface area contributed by atoms with Crippen molar-refractivity contribution < 1.29 is 9.53 Å². The molecule has 2 aromatic rings. The highest BCUT2D eigenvalue weighted by Gasteiger charge is 2.24. The molecule has 26 heavy (non-hydrogen) atoms. The first-order valence-electron chi connectivity index (χ1n) is 9.06. The van der Waals surface area contributed by atoms with Crippen molar-refractivity contribution in [2.75, 3.05) is 24.6 Å². The molecule has 1 saturated carbocycles. The van der Waals surface area contributed by atoms with Crippen molar-refractivity contribution >= 4 is 11.7 Å². The average molecular weight is 354 g/mol. The second kappa shape index (κ2) is 7.63. The molecule has 1 aliphatic carbocycles. The fourth-order valence-electron chi connectivity index (χ4n) is 3.02. The van der Waals surface area contributed by atoms with Crippen LogP contribution in [-0.2, 0) is 0 Å². The highest BCUT2D eigenvalue weighted by molar-refractivity contribution is 5.92. The molecule has 2 aliphatic rings. The van der Waals surface area contributed by atoms with Gasteiger partial charge in [0.2, 0.25) is 5.88 Å². The number of nitrogens with one attached hydrogen (secondary N) is 1. The Balaban J connectivity index is 1.32. The SMILES string of the molecule is O=C(NC1CCCN(c2cccnn2)C1)c1cnc(OCC2CC2)cn1. The molecule has 1 unspecified atom stereocenters. The lowest BCUT2D eigenvalue weighted by atomic mass is 10.1. The van der Waals surface area contributed by atoms with Crippen LogP contribution in [0, 0.1) is 5.92 Å². The van der Waals surface area contributed by atoms with Gasteiger partial charge in [0.05, 0.1) is 19.0 Å². The van der Waals surface area contributed by atoms with Gasteiger partial charge in [-0.3, -0.25) is 4.79 Å². The van der Waals surface area contributed by atoms with Crippen LogP contribution in [-0.4, -0.2) is 51.8 Å². The molecule has 0 radical (unpaired) electrons. The summed E-state index contributed by atoms with van der Waals surface area (Å²) in [6, 6.07) is 3.85. The van der Waals surface area contributed by atoms with Crippen LogP contribution in [0.25, 0.3) is 0 Å². The molecule has 2 aromatic heterocycles. The number of rotatable bonds is 6.